The van der Waals surface area contributed by atoms with Crippen LogP contribution in [0.4, 0.5) is 17.1 Å². The molecule has 0 saturated heterocycles. The van der Waals surface area contributed by atoms with Crippen LogP contribution in [-0.4, -0.2) is 0 Å². The monoisotopic (exact) mass is 891 g/mol. The highest BCUT2D eigenvalue weighted by atomic mass is 16.3. The van der Waals surface area contributed by atoms with Crippen LogP contribution in [-0.2, 0) is 5.41 Å². The second-order valence-corrected chi connectivity index (χ2v) is 18.7. The molecule has 1 spiro atoms. The lowest BCUT2D eigenvalue weighted by Crippen LogP contribution is -2.26. The van der Waals surface area contributed by atoms with Gasteiger partial charge in [-0.2, -0.15) is 0 Å². The van der Waals surface area contributed by atoms with Gasteiger partial charge in [-0.05, 0) is 133 Å². The minimum absolute atomic E-state index is 0.667. The fourth-order valence-electron chi connectivity index (χ4n) is 12.1. The van der Waals surface area contributed by atoms with Gasteiger partial charge in [0, 0.05) is 44.2 Å². The summed E-state index contributed by atoms with van der Waals surface area (Å²) in [5.41, 5.74) is 23.0. The number of para-hydroxylation sites is 2. The first-order chi connectivity index (χ1) is 34.7. The van der Waals surface area contributed by atoms with E-state index in [-0.39, 0.29) is 0 Å². The molecule has 3 heteroatoms. The fraction of sp³-hybridized carbons (Fsp3) is 0.0149. The Morgan fingerprint density at radius 2 is 0.771 bits per heavy atom. The highest BCUT2D eigenvalue weighted by Crippen LogP contribution is 2.66. The van der Waals surface area contributed by atoms with E-state index in [9.17, 15) is 0 Å². The lowest BCUT2D eigenvalue weighted by molar-refractivity contribution is 0.668. The standard InChI is InChI=1S/C67H41NO2/c1-3-14-42(15-4-1)44-26-31-47(32-27-44)68(48-33-28-45(29-34-48)43-16-5-2-6-17-43)49-35-37-56-60(41-49)67(59-39-38-54-52-19-9-12-25-62(52)70-66(54)65(56)59)57-22-10-7-20-55(57)64-50(21-13-23-58(64)67)46-30-36-53-51-18-8-11-24-61(51)69-63(53)40-46/h1-41H. The van der Waals surface area contributed by atoms with Gasteiger partial charge in [0.2, 0.25) is 0 Å². The third kappa shape index (κ3) is 5.52. The van der Waals surface area contributed by atoms with Crippen LogP contribution in [0.25, 0.3) is 99.5 Å². The molecule has 1 unspecified atom stereocenters. The van der Waals surface area contributed by atoms with Crippen molar-refractivity contribution in [2.24, 2.45) is 0 Å². The Balaban J connectivity index is 0.988. The van der Waals surface area contributed by atoms with Crippen LogP contribution in [0.5, 0.6) is 0 Å². The number of anilines is 3. The molecular formula is C67H41NO2. The van der Waals surface area contributed by atoms with Gasteiger partial charge >= 0.3 is 0 Å². The highest BCUT2D eigenvalue weighted by Gasteiger charge is 2.53. The molecule has 0 amide bonds. The van der Waals surface area contributed by atoms with Crippen LogP contribution in [0.15, 0.2) is 258 Å². The van der Waals surface area contributed by atoms with Crippen LogP contribution >= 0.6 is 0 Å². The van der Waals surface area contributed by atoms with Crippen molar-refractivity contribution < 1.29 is 8.83 Å². The summed E-state index contributed by atoms with van der Waals surface area (Å²) >= 11 is 0. The van der Waals surface area contributed by atoms with Gasteiger partial charge in [0.15, 0.2) is 0 Å². The maximum Gasteiger partial charge on any atom is 0.143 e. The Morgan fingerprint density at radius 3 is 1.49 bits per heavy atom. The zero-order chi connectivity index (χ0) is 45.9. The van der Waals surface area contributed by atoms with E-state index >= 15 is 0 Å². The number of benzene rings is 11. The van der Waals surface area contributed by atoms with Gasteiger partial charge in [-0.1, -0.05) is 188 Å². The summed E-state index contributed by atoms with van der Waals surface area (Å²) in [6.45, 7) is 0. The molecule has 11 aromatic carbocycles. The molecular weight excluding hydrogens is 851 g/mol. The predicted octanol–water partition coefficient (Wildman–Crippen LogP) is 18.3. The zero-order valence-electron chi connectivity index (χ0n) is 37.9. The molecule has 0 bridgehead atoms. The molecule has 2 aliphatic carbocycles. The smallest absolute Gasteiger partial charge is 0.143 e. The summed E-state index contributed by atoms with van der Waals surface area (Å²) in [4.78, 5) is 2.41. The fourth-order valence-corrected chi connectivity index (χ4v) is 12.1. The van der Waals surface area contributed by atoms with Gasteiger partial charge in [-0.3, -0.25) is 0 Å². The average Bonchev–Trinajstić information content (AvgIpc) is 4.17. The number of fused-ring (bicyclic) bond motifs is 17. The molecule has 15 rings (SSSR count). The Morgan fingerprint density at radius 1 is 0.271 bits per heavy atom. The lowest BCUT2D eigenvalue weighted by atomic mass is 9.70. The highest BCUT2D eigenvalue weighted by molar-refractivity contribution is 6.14. The summed E-state index contributed by atoms with van der Waals surface area (Å²) in [7, 11) is 0. The zero-order valence-corrected chi connectivity index (χ0v) is 37.9. The van der Waals surface area contributed by atoms with Crippen molar-refractivity contribution in [2.75, 3.05) is 4.90 Å². The SMILES string of the molecule is c1ccc(-c2ccc(N(c3ccc(-c4ccccc4)cc3)c3ccc4c(c3)C3(c5ccccc5-c5c(-c6ccc7c(c6)oc6ccccc67)cccc53)c3ccc5c(oc6ccccc65)c3-4)cc2)cc1. The summed E-state index contributed by atoms with van der Waals surface area (Å²) in [5, 5.41) is 4.50. The van der Waals surface area contributed by atoms with Crippen molar-refractivity contribution in [1.82, 2.24) is 0 Å². The minimum Gasteiger partial charge on any atom is -0.456 e. The van der Waals surface area contributed by atoms with Gasteiger partial charge in [0.1, 0.15) is 22.3 Å². The number of rotatable bonds is 6. The number of furan rings is 2. The summed E-state index contributed by atoms with van der Waals surface area (Å²) in [6.07, 6.45) is 0. The third-order valence-corrected chi connectivity index (χ3v) is 15.1. The molecule has 3 nitrogen and oxygen atoms in total. The van der Waals surface area contributed by atoms with E-state index in [0.717, 1.165) is 72.1 Å². The molecule has 2 aromatic heterocycles. The maximum atomic E-state index is 6.98. The lowest BCUT2D eigenvalue weighted by Gasteiger charge is -2.32. The number of nitrogens with zero attached hydrogens (tertiary/aromatic N) is 1. The van der Waals surface area contributed by atoms with Crippen LogP contribution in [0.1, 0.15) is 22.3 Å². The Labute approximate surface area is 404 Å². The topological polar surface area (TPSA) is 29.5 Å². The molecule has 326 valence electrons. The van der Waals surface area contributed by atoms with Crippen molar-refractivity contribution in [3.8, 4) is 55.6 Å². The molecule has 1 atom stereocenters. The van der Waals surface area contributed by atoms with Gasteiger partial charge in [0.05, 0.1) is 5.41 Å². The first kappa shape index (κ1) is 38.9. The van der Waals surface area contributed by atoms with Crippen molar-refractivity contribution in [2.45, 2.75) is 5.41 Å². The van der Waals surface area contributed by atoms with Crippen LogP contribution in [0.3, 0.4) is 0 Å². The maximum absolute atomic E-state index is 6.98. The molecule has 0 fully saturated rings. The Kier molecular flexibility index (Phi) is 8.28. The average molecular weight is 892 g/mol. The van der Waals surface area contributed by atoms with Gasteiger partial charge in [-0.25, -0.2) is 0 Å². The van der Waals surface area contributed by atoms with Gasteiger partial charge in [-0.15, -0.1) is 0 Å². The van der Waals surface area contributed by atoms with E-state index < -0.39 is 5.41 Å². The second-order valence-electron chi connectivity index (χ2n) is 18.7. The predicted molar refractivity (Wildman–Crippen MR) is 288 cm³/mol. The first-order valence-electron chi connectivity index (χ1n) is 24.1. The second kappa shape index (κ2) is 14.9. The third-order valence-electron chi connectivity index (χ3n) is 15.1. The molecule has 0 radical (unpaired) electrons. The van der Waals surface area contributed by atoms with Crippen LogP contribution in [0, 0.1) is 0 Å². The molecule has 0 saturated carbocycles. The van der Waals surface area contributed by atoms with Crippen LogP contribution in [0.2, 0.25) is 0 Å². The quantitative estimate of drug-likeness (QED) is 0.167. The summed E-state index contributed by atoms with van der Waals surface area (Å²) in [5.74, 6) is 0. The van der Waals surface area contributed by atoms with Gasteiger partial charge in [0.25, 0.3) is 0 Å². The first-order valence-corrected chi connectivity index (χ1v) is 24.1. The van der Waals surface area contributed by atoms with Crippen molar-refractivity contribution in [3.05, 3.63) is 271 Å². The van der Waals surface area contributed by atoms with E-state index in [0.29, 0.717) is 0 Å². The molecule has 2 aliphatic rings. The Bertz CT molecular complexity index is 4140. The molecule has 70 heavy (non-hydrogen) atoms. The summed E-state index contributed by atoms with van der Waals surface area (Å²) in [6, 6.07) is 90.5. The van der Waals surface area contributed by atoms with E-state index in [1.165, 1.54) is 66.8 Å². The molecule has 0 N–H and O–H groups in total. The normalized spacial score (nSPS) is 14.3. The molecule has 0 aliphatic heterocycles. The van der Waals surface area contributed by atoms with Crippen LogP contribution < -0.4 is 4.90 Å². The molecule has 13 aromatic rings. The number of hydrogen-bond donors (Lipinski definition) is 0. The van der Waals surface area contributed by atoms with E-state index in [2.05, 4.69) is 248 Å². The largest absolute Gasteiger partial charge is 0.456 e. The van der Waals surface area contributed by atoms with E-state index in [4.69, 9.17) is 8.83 Å². The molecule has 2 heterocycles. The van der Waals surface area contributed by atoms with Gasteiger partial charge < -0.3 is 13.7 Å². The summed E-state index contributed by atoms with van der Waals surface area (Å²) < 4.78 is 13.5. The van der Waals surface area contributed by atoms with Crippen molar-refractivity contribution in [3.63, 3.8) is 0 Å². The van der Waals surface area contributed by atoms with Crippen molar-refractivity contribution >= 4 is 60.9 Å². The van der Waals surface area contributed by atoms with E-state index in [1.807, 2.05) is 6.07 Å². The van der Waals surface area contributed by atoms with Crippen molar-refractivity contribution in [1.29, 1.82) is 0 Å². The Hall–Kier alpha value is -9.18. The minimum atomic E-state index is -0.667. The number of hydrogen-bond acceptors (Lipinski definition) is 3. The van der Waals surface area contributed by atoms with E-state index in [1.54, 1.807) is 0 Å².